The Morgan fingerprint density at radius 3 is 3.19 bits per heavy atom. The molecule has 2 heterocycles. The van der Waals surface area contributed by atoms with Crippen LogP contribution in [0.15, 0.2) is 10.9 Å². The summed E-state index contributed by atoms with van der Waals surface area (Å²) in [4.78, 5) is 7.02. The molecule has 1 aromatic rings. The van der Waals surface area contributed by atoms with E-state index in [1.807, 2.05) is 5.51 Å². The van der Waals surface area contributed by atoms with Crippen LogP contribution in [0.2, 0.25) is 0 Å². The van der Waals surface area contributed by atoms with Gasteiger partial charge in [0.1, 0.15) is 0 Å². The Morgan fingerprint density at radius 2 is 2.50 bits per heavy atom. The van der Waals surface area contributed by atoms with E-state index in [-0.39, 0.29) is 0 Å². The van der Waals surface area contributed by atoms with Crippen molar-refractivity contribution >= 4 is 11.3 Å². The van der Waals surface area contributed by atoms with Gasteiger partial charge in [-0.2, -0.15) is 0 Å². The second-order valence-electron chi connectivity index (χ2n) is 4.55. The van der Waals surface area contributed by atoms with Gasteiger partial charge in [-0.1, -0.05) is 6.42 Å². The van der Waals surface area contributed by atoms with E-state index in [4.69, 9.17) is 5.73 Å². The maximum absolute atomic E-state index is 5.70. The Kier molecular flexibility index (Phi) is 4.32. The van der Waals surface area contributed by atoms with E-state index in [0.717, 1.165) is 13.0 Å². The van der Waals surface area contributed by atoms with Gasteiger partial charge in [0.15, 0.2) is 0 Å². The molecule has 3 nitrogen and oxygen atoms in total. The zero-order chi connectivity index (χ0) is 11.4. The van der Waals surface area contributed by atoms with Crippen LogP contribution in [-0.4, -0.2) is 29.0 Å². The molecule has 1 aliphatic rings. The van der Waals surface area contributed by atoms with Crippen molar-refractivity contribution in [1.29, 1.82) is 0 Å². The van der Waals surface area contributed by atoms with Crippen molar-refractivity contribution in [3.05, 3.63) is 16.6 Å². The smallest absolute Gasteiger partial charge is 0.0795 e. The minimum atomic E-state index is 0.447. The molecule has 4 heteroatoms. The molecule has 1 aromatic heterocycles. The fourth-order valence-corrected chi connectivity index (χ4v) is 3.27. The number of likely N-dealkylation sites (tertiary alicyclic amines) is 1. The molecule has 1 fully saturated rings. The van der Waals surface area contributed by atoms with Crippen molar-refractivity contribution in [2.75, 3.05) is 13.1 Å². The van der Waals surface area contributed by atoms with E-state index in [1.54, 1.807) is 11.3 Å². The van der Waals surface area contributed by atoms with E-state index < -0.39 is 0 Å². The van der Waals surface area contributed by atoms with Crippen molar-refractivity contribution in [2.45, 2.75) is 44.7 Å². The van der Waals surface area contributed by atoms with Crippen LogP contribution < -0.4 is 5.73 Å². The number of thiazole rings is 1. The standard InChI is InChI=1S/C12H21N3S/c1-10(12-8-16-9-14-12)15-7-3-2-4-11(15)5-6-13/h8-11H,2-7,13H2,1H3. The second kappa shape index (κ2) is 5.75. The Balaban J connectivity index is 2.04. The Morgan fingerprint density at radius 1 is 1.62 bits per heavy atom. The topological polar surface area (TPSA) is 42.2 Å². The molecule has 0 aliphatic carbocycles. The van der Waals surface area contributed by atoms with Gasteiger partial charge in [0.05, 0.1) is 17.2 Å². The van der Waals surface area contributed by atoms with E-state index in [9.17, 15) is 0 Å². The summed E-state index contributed by atoms with van der Waals surface area (Å²) in [5.41, 5.74) is 8.84. The molecule has 0 aromatic carbocycles. The molecule has 0 bridgehead atoms. The molecule has 16 heavy (non-hydrogen) atoms. The van der Waals surface area contributed by atoms with Gasteiger partial charge in [0, 0.05) is 11.4 Å². The zero-order valence-electron chi connectivity index (χ0n) is 9.93. The summed E-state index contributed by atoms with van der Waals surface area (Å²) in [7, 11) is 0. The van der Waals surface area contributed by atoms with Crippen molar-refractivity contribution < 1.29 is 0 Å². The number of nitrogens with zero attached hydrogens (tertiary/aromatic N) is 2. The van der Waals surface area contributed by atoms with Gasteiger partial charge >= 0.3 is 0 Å². The zero-order valence-corrected chi connectivity index (χ0v) is 10.7. The first-order valence-electron chi connectivity index (χ1n) is 6.17. The molecule has 2 unspecified atom stereocenters. The third kappa shape index (κ3) is 2.62. The number of nitrogens with two attached hydrogens (primary N) is 1. The lowest BCUT2D eigenvalue weighted by atomic mass is 9.97. The van der Waals surface area contributed by atoms with Crippen molar-refractivity contribution in [2.24, 2.45) is 5.73 Å². The molecule has 1 aliphatic heterocycles. The molecule has 90 valence electrons. The van der Waals surface area contributed by atoms with Gasteiger partial charge in [-0.05, 0) is 39.3 Å². The van der Waals surface area contributed by atoms with Crippen LogP contribution in [0.5, 0.6) is 0 Å². The second-order valence-corrected chi connectivity index (χ2v) is 5.27. The normalized spacial score (nSPS) is 24.5. The lowest BCUT2D eigenvalue weighted by Gasteiger charge is -2.39. The van der Waals surface area contributed by atoms with Gasteiger partial charge in [-0.3, -0.25) is 4.90 Å². The first-order valence-corrected chi connectivity index (χ1v) is 7.11. The van der Waals surface area contributed by atoms with Crippen molar-refractivity contribution in [3.8, 4) is 0 Å². The number of aromatic nitrogens is 1. The third-order valence-electron chi connectivity index (χ3n) is 3.55. The van der Waals surface area contributed by atoms with Gasteiger partial charge in [-0.25, -0.2) is 4.98 Å². The molecular formula is C12H21N3S. The fourth-order valence-electron chi connectivity index (χ4n) is 2.63. The Hall–Kier alpha value is -0.450. The van der Waals surface area contributed by atoms with E-state index in [1.165, 1.54) is 31.5 Å². The lowest BCUT2D eigenvalue weighted by molar-refractivity contribution is 0.0966. The molecule has 0 saturated carbocycles. The summed E-state index contributed by atoms with van der Waals surface area (Å²) < 4.78 is 0. The fraction of sp³-hybridized carbons (Fsp3) is 0.750. The van der Waals surface area contributed by atoms with Gasteiger partial charge < -0.3 is 5.73 Å². The summed E-state index contributed by atoms with van der Waals surface area (Å²) >= 11 is 1.68. The van der Waals surface area contributed by atoms with Crippen LogP contribution in [-0.2, 0) is 0 Å². The molecule has 2 rings (SSSR count). The van der Waals surface area contributed by atoms with Crippen LogP contribution >= 0.6 is 11.3 Å². The molecule has 2 atom stereocenters. The SMILES string of the molecule is CC(c1cscn1)N1CCCCC1CCN. The van der Waals surface area contributed by atoms with Crippen LogP contribution in [0.3, 0.4) is 0 Å². The average Bonchev–Trinajstić information content (AvgIpc) is 2.83. The van der Waals surface area contributed by atoms with E-state index >= 15 is 0 Å². The predicted molar refractivity (Wildman–Crippen MR) is 68.5 cm³/mol. The van der Waals surface area contributed by atoms with Crippen LogP contribution in [0.4, 0.5) is 0 Å². The number of hydrogen-bond acceptors (Lipinski definition) is 4. The highest BCUT2D eigenvalue weighted by Gasteiger charge is 2.27. The van der Waals surface area contributed by atoms with Crippen LogP contribution in [0, 0.1) is 0 Å². The Labute approximate surface area is 102 Å². The number of hydrogen-bond donors (Lipinski definition) is 1. The summed E-state index contributed by atoms with van der Waals surface area (Å²) in [6, 6.07) is 1.11. The molecule has 0 spiro atoms. The highest BCUT2D eigenvalue weighted by molar-refractivity contribution is 7.07. The highest BCUT2D eigenvalue weighted by Crippen LogP contribution is 2.29. The molecule has 1 saturated heterocycles. The molecular weight excluding hydrogens is 218 g/mol. The summed E-state index contributed by atoms with van der Waals surface area (Å²) in [5.74, 6) is 0. The molecule has 2 N–H and O–H groups in total. The molecule has 0 amide bonds. The number of rotatable bonds is 4. The third-order valence-corrected chi connectivity index (χ3v) is 4.15. The first kappa shape index (κ1) is 12.0. The Bertz CT molecular complexity index is 297. The van der Waals surface area contributed by atoms with Crippen molar-refractivity contribution in [3.63, 3.8) is 0 Å². The minimum Gasteiger partial charge on any atom is -0.330 e. The number of piperidine rings is 1. The predicted octanol–water partition coefficient (Wildman–Crippen LogP) is 2.41. The monoisotopic (exact) mass is 239 g/mol. The summed E-state index contributed by atoms with van der Waals surface area (Å²) in [5, 5.41) is 2.17. The van der Waals surface area contributed by atoms with Gasteiger partial charge in [0.25, 0.3) is 0 Å². The first-order chi connectivity index (χ1) is 7.83. The van der Waals surface area contributed by atoms with Crippen LogP contribution in [0.1, 0.15) is 44.3 Å². The lowest BCUT2D eigenvalue weighted by Crippen LogP contribution is -2.42. The average molecular weight is 239 g/mol. The minimum absolute atomic E-state index is 0.447. The molecule has 0 radical (unpaired) electrons. The largest absolute Gasteiger partial charge is 0.330 e. The maximum Gasteiger partial charge on any atom is 0.0795 e. The highest BCUT2D eigenvalue weighted by atomic mass is 32.1. The quantitative estimate of drug-likeness (QED) is 0.877. The van der Waals surface area contributed by atoms with E-state index in [0.29, 0.717) is 12.1 Å². The van der Waals surface area contributed by atoms with Gasteiger partial charge in [-0.15, -0.1) is 11.3 Å². The summed E-state index contributed by atoms with van der Waals surface area (Å²) in [6.07, 6.45) is 5.08. The van der Waals surface area contributed by atoms with E-state index in [2.05, 4.69) is 22.2 Å². The summed E-state index contributed by atoms with van der Waals surface area (Å²) in [6.45, 7) is 4.26. The van der Waals surface area contributed by atoms with Crippen molar-refractivity contribution in [1.82, 2.24) is 9.88 Å². The van der Waals surface area contributed by atoms with Gasteiger partial charge in [0.2, 0.25) is 0 Å². The van der Waals surface area contributed by atoms with Crippen LogP contribution in [0.25, 0.3) is 0 Å². The maximum atomic E-state index is 5.70.